The van der Waals surface area contributed by atoms with E-state index in [1.54, 1.807) is 0 Å². The fourth-order valence-electron chi connectivity index (χ4n) is 3.20. The average molecular weight is 448 g/mol. The van der Waals surface area contributed by atoms with Crippen LogP contribution in [0.5, 0.6) is 0 Å². The normalized spacial score (nSPS) is 22.6. The minimum atomic E-state index is -4.10. The molecule has 2 aliphatic rings. The van der Waals surface area contributed by atoms with Crippen molar-refractivity contribution in [1.82, 2.24) is 9.80 Å². The lowest BCUT2D eigenvalue weighted by Crippen LogP contribution is -2.41. The number of hydrogen-bond acceptors (Lipinski definition) is 2. The summed E-state index contributed by atoms with van der Waals surface area (Å²) in [6.07, 6.45) is 2.27. The predicted molar refractivity (Wildman–Crippen MR) is 97.2 cm³/mol. The molecule has 2 N–H and O–H groups in total. The van der Waals surface area contributed by atoms with Crippen molar-refractivity contribution in [3.63, 3.8) is 0 Å². The second kappa shape index (κ2) is 9.90. The topological polar surface area (TPSA) is 44.9 Å². The second-order valence-corrected chi connectivity index (χ2v) is 6.43. The molecule has 2 aliphatic heterocycles. The maximum Gasteiger partial charge on any atom is 0.401 e. The van der Waals surface area contributed by atoms with E-state index in [0.29, 0.717) is 31.5 Å². The van der Waals surface area contributed by atoms with E-state index in [-0.39, 0.29) is 24.0 Å². The smallest absolute Gasteiger partial charge is 0.370 e. The van der Waals surface area contributed by atoms with E-state index in [9.17, 15) is 13.2 Å². The van der Waals surface area contributed by atoms with Gasteiger partial charge in [-0.05, 0) is 44.7 Å². The van der Waals surface area contributed by atoms with Crippen molar-refractivity contribution < 1.29 is 13.2 Å². The molecule has 0 bridgehead atoms. The highest BCUT2D eigenvalue weighted by atomic mass is 127. The van der Waals surface area contributed by atoms with Crippen LogP contribution in [-0.2, 0) is 0 Å². The summed E-state index contributed by atoms with van der Waals surface area (Å²) < 4.78 is 37.0. The lowest BCUT2D eigenvalue weighted by Gasteiger charge is -2.32. The van der Waals surface area contributed by atoms with Gasteiger partial charge in [-0.25, -0.2) is 0 Å². The molecule has 136 valence electrons. The van der Waals surface area contributed by atoms with E-state index in [4.69, 9.17) is 5.73 Å². The van der Waals surface area contributed by atoms with Crippen LogP contribution in [0.15, 0.2) is 4.99 Å². The minimum absolute atomic E-state index is 0. The third kappa shape index (κ3) is 7.91. The van der Waals surface area contributed by atoms with E-state index in [1.165, 1.54) is 17.7 Å². The summed E-state index contributed by atoms with van der Waals surface area (Å²) in [6, 6.07) is 0. The number of rotatable bonds is 3. The van der Waals surface area contributed by atoms with E-state index in [1.807, 2.05) is 0 Å². The Labute approximate surface area is 153 Å². The SMILES string of the molecule is I.NC(=NCC1CCN(CC(F)(F)F)CC1)N1CCCCCC1. The van der Waals surface area contributed by atoms with Gasteiger partial charge in [-0.1, -0.05) is 12.8 Å². The fraction of sp³-hybridized carbons (Fsp3) is 0.933. The van der Waals surface area contributed by atoms with Gasteiger partial charge < -0.3 is 10.6 Å². The minimum Gasteiger partial charge on any atom is -0.370 e. The highest BCUT2D eigenvalue weighted by Gasteiger charge is 2.32. The molecule has 0 aromatic rings. The summed E-state index contributed by atoms with van der Waals surface area (Å²) >= 11 is 0. The fourth-order valence-corrected chi connectivity index (χ4v) is 3.20. The Balaban J connectivity index is 0.00000264. The van der Waals surface area contributed by atoms with Crippen molar-refractivity contribution in [3.8, 4) is 0 Å². The van der Waals surface area contributed by atoms with Gasteiger partial charge in [-0.3, -0.25) is 9.89 Å². The molecular weight excluding hydrogens is 420 g/mol. The molecule has 0 unspecified atom stereocenters. The number of hydrogen-bond donors (Lipinski definition) is 1. The largest absolute Gasteiger partial charge is 0.401 e. The molecule has 0 aliphatic carbocycles. The molecule has 4 nitrogen and oxygen atoms in total. The monoisotopic (exact) mass is 448 g/mol. The maximum absolute atomic E-state index is 12.3. The number of nitrogens with zero attached hydrogens (tertiary/aromatic N) is 3. The van der Waals surface area contributed by atoms with Gasteiger partial charge in [0.25, 0.3) is 0 Å². The molecule has 0 aromatic heterocycles. The molecular formula is C15H28F3IN4. The third-order valence-corrected chi connectivity index (χ3v) is 4.55. The predicted octanol–water partition coefficient (Wildman–Crippen LogP) is 3.07. The Hall–Kier alpha value is -0.250. The molecule has 2 rings (SSSR count). The third-order valence-electron chi connectivity index (χ3n) is 4.55. The number of likely N-dealkylation sites (tertiary alicyclic amines) is 2. The van der Waals surface area contributed by atoms with Gasteiger partial charge >= 0.3 is 6.18 Å². The average Bonchev–Trinajstić information content (AvgIpc) is 2.74. The first-order chi connectivity index (χ1) is 10.4. The molecule has 0 atom stereocenters. The van der Waals surface area contributed by atoms with Gasteiger partial charge in [0.15, 0.2) is 5.96 Å². The summed E-state index contributed by atoms with van der Waals surface area (Å²) in [6.45, 7) is 2.80. The van der Waals surface area contributed by atoms with Gasteiger partial charge in [0.2, 0.25) is 0 Å². The maximum atomic E-state index is 12.3. The number of aliphatic imine (C=N–C) groups is 1. The van der Waals surface area contributed by atoms with Crippen LogP contribution in [0.4, 0.5) is 13.2 Å². The molecule has 23 heavy (non-hydrogen) atoms. The number of alkyl halides is 3. The van der Waals surface area contributed by atoms with Gasteiger partial charge in [0.05, 0.1) is 6.54 Å². The zero-order valence-electron chi connectivity index (χ0n) is 13.5. The Morgan fingerprint density at radius 2 is 1.57 bits per heavy atom. The van der Waals surface area contributed by atoms with Crippen LogP contribution in [0, 0.1) is 5.92 Å². The van der Waals surface area contributed by atoms with Crippen molar-refractivity contribution in [2.24, 2.45) is 16.6 Å². The summed E-state index contributed by atoms with van der Waals surface area (Å²) in [5.41, 5.74) is 6.06. The zero-order chi connectivity index (χ0) is 16.0. The first kappa shape index (κ1) is 20.8. The second-order valence-electron chi connectivity index (χ2n) is 6.43. The molecule has 0 saturated carbocycles. The van der Waals surface area contributed by atoms with E-state index >= 15 is 0 Å². The number of guanidine groups is 1. The van der Waals surface area contributed by atoms with E-state index in [0.717, 1.165) is 38.8 Å². The zero-order valence-corrected chi connectivity index (χ0v) is 15.9. The lowest BCUT2D eigenvalue weighted by atomic mass is 9.97. The summed E-state index contributed by atoms with van der Waals surface area (Å²) in [5, 5.41) is 0. The summed E-state index contributed by atoms with van der Waals surface area (Å²) in [7, 11) is 0. The van der Waals surface area contributed by atoms with Gasteiger partial charge in [0, 0.05) is 19.6 Å². The number of piperidine rings is 1. The van der Waals surface area contributed by atoms with Crippen LogP contribution in [0.3, 0.4) is 0 Å². The molecule has 0 amide bonds. The highest BCUT2D eigenvalue weighted by Crippen LogP contribution is 2.22. The first-order valence-corrected chi connectivity index (χ1v) is 8.28. The quantitative estimate of drug-likeness (QED) is 0.410. The Morgan fingerprint density at radius 3 is 2.09 bits per heavy atom. The molecule has 0 spiro atoms. The van der Waals surface area contributed by atoms with Crippen molar-refractivity contribution in [3.05, 3.63) is 0 Å². The Bertz CT molecular complexity index is 360. The van der Waals surface area contributed by atoms with Crippen LogP contribution >= 0.6 is 24.0 Å². The van der Waals surface area contributed by atoms with Crippen molar-refractivity contribution in [2.75, 3.05) is 39.3 Å². The lowest BCUT2D eigenvalue weighted by molar-refractivity contribution is -0.148. The standard InChI is InChI=1S/C15H27F3N4.HI/c16-15(17,18)12-21-9-5-13(6-10-21)11-20-14(19)22-7-3-1-2-4-8-22;/h13H,1-12H2,(H2,19,20);1H. The van der Waals surface area contributed by atoms with Gasteiger partial charge in [-0.15, -0.1) is 24.0 Å². The van der Waals surface area contributed by atoms with E-state index in [2.05, 4.69) is 9.89 Å². The van der Waals surface area contributed by atoms with Crippen LogP contribution in [-0.4, -0.2) is 61.2 Å². The van der Waals surface area contributed by atoms with Gasteiger partial charge in [-0.2, -0.15) is 13.2 Å². The van der Waals surface area contributed by atoms with Crippen LogP contribution in [0.25, 0.3) is 0 Å². The molecule has 0 aromatic carbocycles. The number of nitrogens with two attached hydrogens (primary N) is 1. The van der Waals surface area contributed by atoms with Crippen molar-refractivity contribution in [2.45, 2.75) is 44.7 Å². The van der Waals surface area contributed by atoms with Crippen molar-refractivity contribution in [1.29, 1.82) is 0 Å². The summed E-state index contributed by atoms with van der Waals surface area (Å²) in [5.74, 6) is 0.967. The molecule has 0 radical (unpaired) electrons. The summed E-state index contributed by atoms with van der Waals surface area (Å²) in [4.78, 5) is 8.12. The molecule has 8 heteroatoms. The van der Waals surface area contributed by atoms with Crippen LogP contribution < -0.4 is 5.73 Å². The van der Waals surface area contributed by atoms with Gasteiger partial charge in [0.1, 0.15) is 0 Å². The molecule has 2 fully saturated rings. The molecule has 2 heterocycles. The van der Waals surface area contributed by atoms with Crippen molar-refractivity contribution >= 4 is 29.9 Å². The highest BCUT2D eigenvalue weighted by molar-refractivity contribution is 14.0. The van der Waals surface area contributed by atoms with Crippen LogP contribution in [0.1, 0.15) is 38.5 Å². The first-order valence-electron chi connectivity index (χ1n) is 8.28. The number of halogens is 4. The van der Waals surface area contributed by atoms with E-state index < -0.39 is 12.7 Å². The molecule has 2 saturated heterocycles. The Morgan fingerprint density at radius 1 is 1.00 bits per heavy atom. The Kier molecular flexibility index (Phi) is 8.95. The van der Waals surface area contributed by atoms with Crippen LogP contribution in [0.2, 0.25) is 0 Å².